The molecule has 40 heavy (non-hydrogen) atoms. The first-order valence-corrected chi connectivity index (χ1v) is 12.8. The van der Waals surface area contributed by atoms with Gasteiger partial charge in [0.2, 0.25) is 17.7 Å². The summed E-state index contributed by atoms with van der Waals surface area (Å²) in [4.78, 5) is 59.8. The minimum atomic E-state index is -1.00. The van der Waals surface area contributed by atoms with E-state index in [0.717, 1.165) is 18.5 Å². The Morgan fingerprint density at radius 2 is 1.93 bits per heavy atom. The van der Waals surface area contributed by atoms with Gasteiger partial charge in [0.15, 0.2) is 0 Å². The quantitative estimate of drug-likeness (QED) is 0.459. The van der Waals surface area contributed by atoms with E-state index in [9.17, 15) is 28.4 Å². The van der Waals surface area contributed by atoms with Gasteiger partial charge in [0.1, 0.15) is 24.0 Å². The van der Waals surface area contributed by atoms with E-state index in [1.165, 1.54) is 21.9 Å². The molecule has 0 saturated carbocycles. The summed E-state index contributed by atoms with van der Waals surface area (Å²) in [6, 6.07) is 4.14. The van der Waals surface area contributed by atoms with Crippen LogP contribution in [0, 0.1) is 5.82 Å². The highest BCUT2D eigenvalue weighted by atomic mass is 19.1. The third-order valence-corrected chi connectivity index (χ3v) is 5.91. The van der Waals surface area contributed by atoms with Crippen LogP contribution in [0.25, 0.3) is 0 Å². The molecule has 0 unspecified atom stereocenters. The SMILES string of the molecule is C=CC(=O)N(C)CC.CC(C)(C)OC(=O)NCC(=O)N1CCC[C@H]1C(N)=O.O=C(O)N1Cc2cccc(F)c2C1.[HH].[HH]. The number of rotatable bonds is 5. The fourth-order valence-electron chi connectivity index (χ4n) is 3.75. The molecule has 0 spiro atoms. The highest BCUT2D eigenvalue weighted by molar-refractivity contribution is 5.89. The molecule has 226 valence electrons. The van der Waals surface area contributed by atoms with Crippen LogP contribution in [0.2, 0.25) is 0 Å². The number of fused-ring (bicyclic) bond motifs is 1. The second kappa shape index (κ2) is 15.4. The van der Waals surface area contributed by atoms with Gasteiger partial charge in [-0.2, -0.15) is 0 Å². The lowest BCUT2D eigenvalue weighted by Crippen LogP contribution is -2.48. The molecule has 12 nitrogen and oxygen atoms in total. The average molecular weight is 570 g/mol. The molecule has 0 radical (unpaired) electrons. The van der Waals surface area contributed by atoms with E-state index >= 15 is 0 Å². The smallest absolute Gasteiger partial charge is 0.408 e. The van der Waals surface area contributed by atoms with E-state index < -0.39 is 29.7 Å². The summed E-state index contributed by atoms with van der Waals surface area (Å²) in [6.07, 6.45) is 0.967. The van der Waals surface area contributed by atoms with Crippen LogP contribution in [0.5, 0.6) is 0 Å². The van der Waals surface area contributed by atoms with E-state index in [1.54, 1.807) is 44.9 Å². The largest absolute Gasteiger partial charge is 0.465 e. The Bertz CT molecular complexity index is 1100. The van der Waals surface area contributed by atoms with Gasteiger partial charge in [0, 0.05) is 35.1 Å². The summed E-state index contributed by atoms with van der Waals surface area (Å²) in [5.41, 5.74) is 5.88. The molecule has 3 rings (SSSR count). The Morgan fingerprint density at radius 1 is 1.27 bits per heavy atom. The fourth-order valence-corrected chi connectivity index (χ4v) is 3.75. The number of amides is 5. The summed E-state index contributed by atoms with van der Waals surface area (Å²) in [7, 11) is 1.74. The number of carboxylic acid groups (broad SMARTS) is 1. The lowest BCUT2D eigenvalue weighted by atomic mass is 10.1. The minimum absolute atomic E-state index is 0. The zero-order valence-corrected chi connectivity index (χ0v) is 23.7. The van der Waals surface area contributed by atoms with E-state index in [2.05, 4.69) is 11.9 Å². The van der Waals surface area contributed by atoms with Crippen molar-refractivity contribution in [3.8, 4) is 0 Å². The summed E-state index contributed by atoms with van der Waals surface area (Å²) in [6.45, 7) is 12.0. The number of carbonyl (C=O) groups excluding carboxylic acids is 4. The summed E-state index contributed by atoms with van der Waals surface area (Å²) in [5.74, 6) is -1.18. The first kappa shape index (κ1) is 33.9. The van der Waals surface area contributed by atoms with Crippen molar-refractivity contribution >= 4 is 29.9 Å². The Labute approximate surface area is 236 Å². The van der Waals surface area contributed by atoms with Gasteiger partial charge in [-0.3, -0.25) is 19.3 Å². The Morgan fingerprint density at radius 3 is 2.40 bits per heavy atom. The number of hydrogen-bond acceptors (Lipinski definition) is 6. The third-order valence-electron chi connectivity index (χ3n) is 5.91. The van der Waals surface area contributed by atoms with Crippen molar-refractivity contribution in [1.82, 2.24) is 20.0 Å². The normalized spacial score (nSPS) is 15.4. The molecule has 0 aliphatic carbocycles. The molecule has 5 amide bonds. The monoisotopic (exact) mass is 569 g/mol. The number of likely N-dealkylation sites (N-methyl/N-ethyl adjacent to an activating group) is 1. The number of nitrogens with zero attached hydrogens (tertiary/aromatic N) is 3. The lowest BCUT2D eigenvalue weighted by molar-refractivity contribution is -0.136. The lowest BCUT2D eigenvalue weighted by Gasteiger charge is -2.23. The van der Waals surface area contributed by atoms with E-state index in [4.69, 9.17) is 15.6 Å². The van der Waals surface area contributed by atoms with Crippen molar-refractivity contribution in [1.29, 1.82) is 0 Å². The summed E-state index contributed by atoms with van der Waals surface area (Å²) < 4.78 is 18.1. The van der Waals surface area contributed by atoms with Crippen molar-refractivity contribution in [2.75, 3.05) is 26.7 Å². The third kappa shape index (κ3) is 10.9. The molecule has 1 atom stereocenters. The molecule has 1 aromatic carbocycles. The average Bonchev–Trinajstić information content (AvgIpc) is 3.55. The number of primary amides is 1. The highest BCUT2D eigenvalue weighted by Gasteiger charge is 2.32. The van der Waals surface area contributed by atoms with Crippen LogP contribution in [0.15, 0.2) is 30.9 Å². The van der Waals surface area contributed by atoms with Gasteiger partial charge < -0.3 is 30.7 Å². The molecule has 1 fully saturated rings. The van der Waals surface area contributed by atoms with Gasteiger partial charge in [-0.15, -0.1) is 0 Å². The van der Waals surface area contributed by atoms with Gasteiger partial charge in [0.05, 0.1) is 6.54 Å². The van der Waals surface area contributed by atoms with Crippen LogP contribution in [0.3, 0.4) is 0 Å². The molecule has 13 heteroatoms. The zero-order chi connectivity index (χ0) is 30.6. The van der Waals surface area contributed by atoms with Crippen LogP contribution in [-0.4, -0.2) is 88.0 Å². The fraction of sp³-hybridized carbons (Fsp3) is 0.519. The van der Waals surface area contributed by atoms with Crippen molar-refractivity contribution in [2.24, 2.45) is 5.73 Å². The van der Waals surface area contributed by atoms with E-state index in [0.29, 0.717) is 25.1 Å². The second-order valence-electron chi connectivity index (χ2n) is 10.1. The maximum atomic E-state index is 13.1. The van der Waals surface area contributed by atoms with Gasteiger partial charge in [-0.05, 0) is 58.2 Å². The van der Waals surface area contributed by atoms with Crippen molar-refractivity contribution in [3.05, 3.63) is 47.8 Å². The Kier molecular flexibility index (Phi) is 13.1. The van der Waals surface area contributed by atoms with Crippen LogP contribution < -0.4 is 11.1 Å². The zero-order valence-electron chi connectivity index (χ0n) is 23.7. The van der Waals surface area contributed by atoms with Gasteiger partial charge in [-0.25, -0.2) is 14.0 Å². The topological polar surface area (TPSA) is 163 Å². The summed E-state index contributed by atoms with van der Waals surface area (Å²) in [5, 5.41) is 11.1. The van der Waals surface area contributed by atoms with Gasteiger partial charge in [-0.1, -0.05) is 18.7 Å². The number of halogens is 1. The number of benzene rings is 1. The molecule has 2 aliphatic rings. The number of alkyl carbamates (subject to hydrolysis) is 1. The molecule has 2 aliphatic heterocycles. The molecule has 0 aromatic heterocycles. The molecular weight excluding hydrogens is 525 g/mol. The van der Waals surface area contributed by atoms with E-state index in [-0.39, 0.29) is 33.6 Å². The van der Waals surface area contributed by atoms with Crippen LogP contribution in [0.4, 0.5) is 14.0 Å². The molecule has 2 heterocycles. The molecule has 1 saturated heterocycles. The van der Waals surface area contributed by atoms with Crippen molar-refractivity contribution in [3.63, 3.8) is 0 Å². The number of nitrogens with two attached hydrogens (primary N) is 1. The van der Waals surface area contributed by atoms with Crippen LogP contribution in [0.1, 0.15) is 54.5 Å². The van der Waals surface area contributed by atoms with E-state index in [1.807, 2.05) is 6.92 Å². The van der Waals surface area contributed by atoms with Gasteiger partial charge in [0.25, 0.3) is 0 Å². The molecule has 0 bridgehead atoms. The highest BCUT2D eigenvalue weighted by Crippen LogP contribution is 2.24. The van der Waals surface area contributed by atoms with Crippen molar-refractivity contribution in [2.45, 2.75) is 65.3 Å². The molecular formula is C27H44FN5O7. The van der Waals surface area contributed by atoms with Crippen LogP contribution >= 0.6 is 0 Å². The number of likely N-dealkylation sites (tertiary alicyclic amines) is 1. The number of ether oxygens (including phenoxy) is 1. The van der Waals surface area contributed by atoms with Gasteiger partial charge >= 0.3 is 12.2 Å². The second-order valence-corrected chi connectivity index (χ2v) is 10.1. The predicted octanol–water partition coefficient (Wildman–Crippen LogP) is 2.95. The Balaban J connectivity index is 0. The first-order valence-electron chi connectivity index (χ1n) is 12.8. The summed E-state index contributed by atoms with van der Waals surface area (Å²) >= 11 is 0. The number of hydrogen-bond donors (Lipinski definition) is 3. The first-order chi connectivity index (χ1) is 18.6. The number of nitrogens with one attached hydrogen (secondary N) is 1. The molecule has 4 N–H and O–H groups in total. The number of carbonyl (C=O) groups is 5. The van der Waals surface area contributed by atoms with Crippen LogP contribution in [-0.2, 0) is 32.2 Å². The predicted molar refractivity (Wildman–Crippen MR) is 150 cm³/mol. The maximum absolute atomic E-state index is 13.1. The maximum Gasteiger partial charge on any atom is 0.408 e. The Hall–Kier alpha value is -4.16. The minimum Gasteiger partial charge on any atom is -0.465 e. The van der Waals surface area contributed by atoms with Crippen molar-refractivity contribution < 1.29 is 41.1 Å². The molecule has 1 aromatic rings. The standard InChI is InChI=1S/C12H21N3O4.C9H8FNO2.C6H11NO.2H2/c1-12(2,3)19-11(18)14-7-9(16)15-6-4-5-8(15)10(13)17;10-8-3-1-2-6-4-11(9(12)13)5-7(6)8;1-4-6(8)7(3)5-2;;/h8H,4-7H2,1-3H3,(H2,13,17)(H,14,18);1-3H,4-5H2,(H,12,13);4H,1,5H2,2-3H3;2*1H/t8-;;;;/m0..../s1.